The third-order valence-electron chi connectivity index (χ3n) is 1.31. The van der Waals surface area contributed by atoms with Crippen molar-refractivity contribution in [2.24, 2.45) is 0 Å². The van der Waals surface area contributed by atoms with Crippen LogP contribution in [0.2, 0.25) is 0 Å². The van der Waals surface area contributed by atoms with Gasteiger partial charge in [0.1, 0.15) is 0 Å². The zero-order valence-corrected chi connectivity index (χ0v) is 6.39. The van der Waals surface area contributed by atoms with E-state index in [1.165, 1.54) is 0 Å². The molecule has 0 radical (unpaired) electrons. The third kappa shape index (κ3) is 2.16. The molecule has 0 aliphatic rings. The maximum Gasteiger partial charge on any atom is 0.425 e. The summed E-state index contributed by atoms with van der Waals surface area (Å²) in [6, 6.07) is 0. The quantitative estimate of drug-likeness (QED) is 0.513. The van der Waals surface area contributed by atoms with Gasteiger partial charge in [-0.05, 0) is 6.08 Å². The summed E-state index contributed by atoms with van der Waals surface area (Å²) < 4.78 is 94.7. The number of alkyl halides is 8. The second-order valence-corrected chi connectivity index (χ2v) is 2.35. The summed E-state index contributed by atoms with van der Waals surface area (Å²) in [5.41, 5.74) is 0. The van der Waals surface area contributed by atoms with Gasteiger partial charge in [-0.1, -0.05) is 6.58 Å². The Bertz CT molecular complexity index is 214. The molecule has 0 saturated carbocycles. The van der Waals surface area contributed by atoms with E-state index in [9.17, 15) is 35.1 Å². The fourth-order valence-corrected chi connectivity index (χ4v) is 0.511. The number of hydrogen-bond acceptors (Lipinski definition) is 0. The Balaban J connectivity index is 5.06. The van der Waals surface area contributed by atoms with Gasteiger partial charge in [0.15, 0.2) is 0 Å². The molecule has 0 fully saturated rings. The van der Waals surface area contributed by atoms with Crippen LogP contribution in [-0.2, 0) is 0 Å². The van der Waals surface area contributed by atoms with Crippen LogP contribution in [0, 0.1) is 0 Å². The lowest BCUT2D eigenvalue weighted by atomic mass is 10.1. The summed E-state index contributed by atoms with van der Waals surface area (Å²) in [5, 5.41) is 0. The van der Waals surface area contributed by atoms with Gasteiger partial charge < -0.3 is 0 Å². The maximum atomic E-state index is 12.2. The molecule has 0 aromatic rings. The van der Waals surface area contributed by atoms with Crippen molar-refractivity contribution in [1.82, 2.24) is 0 Å². The Hall–Kier alpha value is -0.820. The van der Waals surface area contributed by atoms with E-state index in [4.69, 9.17) is 0 Å². The largest absolute Gasteiger partial charge is 0.425 e. The Morgan fingerprint density at radius 2 is 1.29 bits per heavy atom. The minimum Gasteiger partial charge on any atom is -0.230 e. The number of rotatable bonds is 3. The first kappa shape index (κ1) is 13.2. The van der Waals surface area contributed by atoms with Gasteiger partial charge in [0.2, 0.25) is 0 Å². The molecule has 0 aliphatic heterocycles. The molecule has 0 bridgehead atoms. The van der Waals surface area contributed by atoms with Crippen LogP contribution >= 0.6 is 0 Å². The Morgan fingerprint density at radius 3 is 1.50 bits per heavy atom. The van der Waals surface area contributed by atoms with Crippen LogP contribution in [0.1, 0.15) is 0 Å². The minimum absolute atomic E-state index is 0.731. The monoisotopic (exact) mass is 228 g/mol. The summed E-state index contributed by atoms with van der Waals surface area (Å²) in [6.07, 6.45) is -11.7. The van der Waals surface area contributed by atoms with Crippen molar-refractivity contribution in [2.75, 3.05) is 0 Å². The highest BCUT2D eigenvalue weighted by atomic mass is 19.4. The van der Waals surface area contributed by atoms with Gasteiger partial charge in [0.25, 0.3) is 6.17 Å². The minimum atomic E-state index is -6.05. The molecule has 0 heterocycles. The van der Waals surface area contributed by atoms with Gasteiger partial charge in [-0.2, -0.15) is 30.7 Å². The average molecular weight is 228 g/mol. The molecule has 0 rings (SSSR count). The summed E-state index contributed by atoms with van der Waals surface area (Å²) in [7, 11) is 0. The smallest absolute Gasteiger partial charge is 0.230 e. The standard InChI is InChI=1S/C6H4F8/c1-2-4(8,9)5(10,11)3(7)6(12,13)14/h2-3H,1H2. The summed E-state index contributed by atoms with van der Waals surface area (Å²) in [6.45, 7) is 2.20. The SMILES string of the molecule is C=CC(F)(F)C(F)(F)C(F)C(F)(F)F. The topological polar surface area (TPSA) is 0 Å². The van der Waals surface area contributed by atoms with Crippen molar-refractivity contribution in [3.8, 4) is 0 Å². The van der Waals surface area contributed by atoms with E-state index in [2.05, 4.69) is 6.58 Å². The van der Waals surface area contributed by atoms with Crippen LogP contribution in [0.25, 0.3) is 0 Å². The molecule has 1 unspecified atom stereocenters. The van der Waals surface area contributed by atoms with Crippen molar-refractivity contribution < 1.29 is 35.1 Å². The van der Waals surface area contributed by atoms with Crippen LogP contribution in [0.5, 0.6) is 0 Å². The van der Waals surface area contributed by atoms with E-state index in [1.54, 1.807) is 0 Å². The molecule has 1 atom stereocenters. The van der Waals surface area contributed by atoms with Crippen LogP contribution in [0.3, 0.4) is 0 Å². The van der Waals surface area contributed by atoms with Gasteiger partial charge in [-0.3, -0.25) is 0 Å². The lowest BCUT2D eigenvalue weighted by Gasteiger charge is -2.27. The molecule has 0 N–H and O–H groups in total. The van der Waals surface area contributed by atoms with Gasteiger partial charge in [-0.25, -0.2) is 4.39 Å². The lowest BCUT2D eigenvalue weighted by molar-refractivity contribution is -0.293. The van der Waals surface area contributed by atoms with Gasteiger partial charge in [-0.15, -0.1) is 0 Å². The molecule has 0 nitrogen and oxygen atoms in total. The molecule has 8 heteroatoms. The van der Waals surface area contributed by atoms with Gasteiger partial charge in [0.05, 0.1) is 0 Å². The number of halogens is 8. The van der Waals surface area contributed by atoms with Crippen LogP contribution in [-0.4, -0.2) is 24.2 Å². The first-order chi connectivity index (χ1) is 5.97. The van der Waals surface area contributed by atoms with E-state index >= 15 is 0 Å². The Labute approximate surface area is 73.2 Å². The number of allylic oxidation sites excluding steroid dienone is 1. The van der Waals surface area contributed by atoms with E-state index in [-0.39, 0.29) is 0 Å². The summed E-state index contributed by atoms with van der Waals surface area (Å²) >= 11 is 0. The predicted octanol–water partition coefficient (Wildman–Crippen LogP) is 3.34. The fourth-order valence-electron chi connectivity index (χ4n) is 0.511. The summed E-state index contributed by atoms with van der Waals surface area (Å²) in [4.78, 5) is 0. The van der Waals surface area contributed by atoms with Gasteiger partial charge >= 0.3 is 18.0 Å². The molecular weight excluding hydrogens is 224 g/mol. The van der Waals surface area contributed by atoms with E-state index in [1.807, 2.05) is 0 Å². The van der Waals surface area contributed by atoms with Crippen molar-refractivity contribution in [3.05, 3.63) is 12.7 Å². The lowest BCUT2D eigenvalue weighted by Crippen LogP contribution is -2.52. The molecule has 0 saturated heterocycles. The van der Waals surface area contributed by atoms with E-state index < -0.39 is 30.3 Å². The molecule has 0 aromatic carbocycles. The first-order valence-electron chi connectivity index (χ1n) is 3.07. The second-order valence-electron chi connectivity index (χ2n) is 2.35. The second kappa shape index (κ2) is 3.39. The number of hydrogen-bond donors (Lipinski definition) is 0. The van der Waals surface area contributed by atoms with Crippen LogP contribution in [0.15, 0.2) is 12.7 Å². The molecule has 0 spiro atoms. The molecule has 0 amide bonds. The predicted molar refractivity (Wildman–Crippen MR) is 31.0 cm³/mol. The molecule has 0 aromatic heterocycles. The molecule has 14 heavy (non-hydrogen) atoms. The Kier molecular flexibility index (Phi) is 3.19. The Morgan fingerprint density at radius 1 is 0.929 bits per heavy atom. The first-order valence-corrected chi connectivity index (χ1v) is 3.07. The normalized spacial score (nSPS) is 16.6. The zero-order valence-electron chi connectivity index (χ0n) is 6.39. The molecular formula is C6H4F8. The molecule has 84 valence electrons. The van der Waals surface area contributed by atoms with E-state index in [0.29, 0.717) is 0 Å². The van der Waals surface area contributed by atoms with Crippen molar-refractivity contribution >= 4 is 0 Å². The van der Waals surface area contributed by atoms with Gasteiger partial charge in [0, 0.05) is 0 Å². The van der Waals surface area contributed by atoms with Crippen molar-refractivity contribution in [3.63, 3.8) is 0 Å². The highest BCUT2D eigenvalue weighted by Crippen LogP contribution is 2.44. The highest BCUT2D eigenvalue weighted by molar-refractivity contribution is 5.03. The molecule has 0 aliphatic carbocycles. The zero-order chi connectivity index (χ0) is 11.8. The fraction of sp³-hybridized carbons (Fsp3) is 0.667. The average Bonchev–Trinajstić information content (AvgIpc) is 2.01. The van der Waals surface area contributed by atoms with Crippen LogP contribution in [0.4, 0.5) is 35.1 Å². The highest BCUT2D eigenvalue weighted by Gasteiger charge is 2.68. The van der Waals surface area contributed by atoms with Crippen molar-refractivity contribution in [1.29, 1.82) is 0 Å². The van der Waals surface area contributed by atoms with Crippen LogP contribution < -0.4 is 0 Å². The summed E-state index contributed by atoms with van der Waals surface area (Å²) in [5.74, 6) is -11.1. The maximum absolute atomic E-state index is 12.2. The van der Waals surface area contributed by atoms with E-state index in [0.717, 1.165) is 0 Å². The van der Waals surface area contributed by atoms with Crippen molar-refractivity contribution in [2.45, 2.75) is 24.2 Å². The third-order valence-corrected chi connectivity index (χ3v) is 1.31.